The van der Waals surface area contributed by atoms with Gasteiger partial charge in [0.15, 0.2) is 5.96 Å². The average molecular weight is 376 g/mol. The van der Waals surface area contributed by atoms with Crippen molar-refractivity contribution in [2.45, 2.75) is 25.3 Å². The lowest BCUT2D eigenvalue weighted by Crippen LogP contribution is -2.22. The van der Waals surface area contributed by atoms with E-state index in [2.05, 4.69) is 9.98 Å². The predicted molar refractivity (Wildman–Crippen MR) is 82.5 cm³/mol. The summed E-state index contributed by atoms with van der Waals surface area (Å²) < 4.78 is 4.75. The molecule has 1 aromatic heterocycles. The van der Waals surface area contributed by atoms with Crippen LogP contribution in [0.4, 0.5) is 0 Å². The number of methoxy groups -OCH3 is 1. The summed E-state index contributed by atoms with van der Waals surface area (Å²) in [5.74, 6) is 0.0397. The van der Waals surface area contributed by atoms with Gasteiger partial charge in [-0.1, -0.05) is 0 Å². The van der Waals surface area contributed by atoms with Crippen LogP contribution < -0.4 is 11.5 Å². The first-order chi connectivity index (χ1) is 8.61. The van der Waals surface area contributed by atoms with Gasteiger partial charge < -0.3 is 16.2 Å². The Hall–Kier alpha value is -1.38. The van der Waals surface area contributed by atoms with Gasteiger partial charge in [0.05, 0.1) is 30.6 Å². The maximum atomic E-state index is 11.6. The van der Waals surface area contributed by atoms with Crippen molar-refractivity contribution in [3.63, 3.8) is 0 Å². The smallest absolute Gasteiger partial charge is 0.339 e. The van der Waals surface area contributed by atoms with Gasteiger partial charge in [-0.3, -0.25) is 4.98 Å². The van der Waals surface area contributed by atoms with Crippen molar-refractivity contribution in [2.24, 2.45) is 16.5 Å². The molecule has 1 fully saturated rings. The second-order valence-corrected chi connectivity index (χ2v) is 4.24. The predicted octanol–water partition coefficient (Wildman–Crippen LogP) is 1.14. The largest absolute Gasteiger partial charge is 0.465 e. The summed E-state index contributed by atoms with van der Waals surface area (Å²) in [7, 11) is 1.37. The zero-order valence-corrected chi connectivity index (χ0v) is 13.0. The van der Waals surface area contributed by atoms with Crippen LogP contribution in [0.15, 0.2) is 17.1 Å². The SMILES string of the molecule is COC(=O)c1ccc(CN=C(N)N)nc1C1CC1.I. The standard InChI is InChI=1S/C12H16N4O2.HI/c1-18-11(17)9-5-4-8(6-15-12(13)14)16-10(9)7-2-3-7;/h4-5,7H,2-3,6H2,1H3,(H4,13,14,15);1H. The number of halogens is 1. The van der Waals surface area contributed by atoms with Crippen molar-refractivity contribution in [3.8, 4) is 0 Å². The topological polar surface area (TPSA) is 104 Å². The summed E-state index contributed by atoms with van der Waals surface area (Å²) in [5, 5.41) is 0. The van der Waals surface area contributed by atoms with Crippen molar-refractivity contribution in [2.75, 3.05) is 7.11 Å². The fourth-order valence-corrected chi connectivity index (χ4v) is 1.73. The van der Waals surface area contributed by atoms with Gasteiger partial charge in [-0.15, -0.1) is 24.0 Å². The number of aromatic nitrogens is 1. The van der Waals surface area contributed by atoms with Gasteiger partial charge in [-0.2, -0.15) is 0 Å². The number of carbonyl (C=O) groups is 1. The fraction of sp³-hybridized carbons (Fsp3) is 0.417. The van der Waals surface area contributed by atoms with E-state index < -0.39 is 0 Å². The summed E-state index contributed by atoms with van der Waals surface area (Å²) in [5.41, 5.74) is 12.6. The first kappa shape index (κ1) is 15.7. The molecule has 1 saturated carbocycles. The Morgan fingerprint density at radius 3 is 2.68 bits per heavy atom. The number of esters is 1. The van der Waals surface area contributed by atoms with Crippen LogP contribution in [0.25, 0.3) is 0 Å². The van der Waals surface area contributed by atoms with Crippen LogP contribution in [-0.4, -0.2) is 24.0 Å². The molecule has 19 heavy (non-hydrogen) atoms. The Bertz CT molecular complexity index is 497. The molecule has 1 aromatic rings. The molecule has 1 aliphatic carbocycles. The minimum absolute atomic E-state index is 0. The van der Waals surface area contributed by atoms with Crippen LogP contribution in [0.5, 0.6) is 0 Å². The van der Waals surface area contributed by atoms with E-state index in [9.17, 15) is 4.79 Å². The third-order valence-electron chi connectivity index (χ3n) is 2.78. The number of nitrogens with zero attached hydrogens (tertiary/aromatic N) is 2. The van der Waals surface area contributed by atoms with Gasteiger partial charge in [0.2, 0.25) is 0 Å². The zero-order chi connectivity index (χ0) is 13.1. The molecular weight excluding hydrogens is 359 g/mol. The van der Waals surface area contributed by atoms with Crippen LogP contribution in [0.2, 0.25) is 0 Å². The highest BCUT2D eigenvalue weighted by molar-refractivity contribution is 14.0. The number of aliphatic imine (C=N–C) groups is 1. The summed E-state index contributed by atoms with van der Waals surface area (Å²) in [6.07, 6.45) is 2.12. The molecule has 0 unspecified atom stereocenters. The number of ether oxygens (including phenoxy) is 1. The number of hydrogen-bond acceptors (Lipinski definition) is 4. The van der Waals surface area contributed by atoms with Gasteiger partial charge in [0, 0.05) is 5.92 Å². The Kier molecular flexibility index (Phi) is 5.52. The Labute approximate surface area is 128 Å². The first-order valence-electron chi connectivity index (χ1n) is 5.75. The zero-order valence-electron chi connectivity index (χ0n) is 10.6. The summed E-state index contributed by atoms with van der Waals surface area (Å²) in [4.78, 5) is 20.0. The number of carbonyl (C=O) groups excluding carboxylic acids is 1. The molecule has 0 bridgehead atoms. The first-order valence-corrected chi connectivity index (χ1v) is 5.75. The molecule has 0 atom stereocenters. The van der Waals surface area contributed by atoms with Crippen LogP contribution in [-0.2, 0) is 11.3 Å². The molecular formula is C12H17IN4O2. The van der Waals surface area contributed by atoms with Crippen molar-refractivity contribution >= 4 is 35.9 Å². The summed E-state index contributed by atoms with van der Waals surface area (Å²) >= 11 is 0. The van der Waals surface area contributed by atoms with Gasteiger partial charge in [-0.05, 0) is 25.0 Å². The highest BCUT2D eigenvalue weighted by Crippen LogP contribution is 2.40. The molecule has 6 nitrogen and oxygen atoms in total. The van der Waals surface area contributed by atoms with E-state index in [1.165, 1.54) is 7.11 Å². The molecule has 1 aliphatic rings. The maximum Gasteiger partial charge on any atom is 0.339 e. The molecule has 0 saturated heterocycles. The third-order valence-corrected chi connectivity index (χ3v) is 2.78. The van der Waals surface area contributed by atoms with Crippen LogP contribution >= 0.6 is 24.0 Å². The second-order valence-electron chi connectivity index (χ2n) is 4.24. The fourth-order valence-electron chi connectivity index (χ4n) is 1.73. The molecule has 1 heterocycles. The van der Waals surface area contributed by atoms with Gasteiger partial charge in [0.1, 0.15) is 0 Å². The molecule has 0 aromatic carbocycles. The lowest BCUT2D eigenvalue weighted by molar-refractivity contribution is 0.0598. The maximum absolute atomic E-state index is 11.6. The van der Waals surface area contributed by atoms with Crippen molar-refractivity contribution in [1.29, 1.82) is 0 Å². The van der Waals surface area contributed by atoms with E-state index in [4.69, 9.17) is 16.2 Å². The molecule has 0 radical (unpaired) electrons. The monoisotopic (exact) mass is 376 g/mol. The van der Waals surface area contributed by atoms with E-state index in [0.29, 0.717) is 18.0 Å². The van der Waals surface area contributed by atoms with E-state index in [-0.39, 0.29) is 35.9 Å². The number of hydrogen-bond donors (Lipinski definition) is 2. The number of guanidine groups is 1. The average Bonchev–Trinajstić information content (AvgIpc) is 3.19. The van der Waals surface area contributed by atoms with Crippen molar-refractivity contribution in [3.05, 3.63) is 29.1 Å². The Morgan fingerprint density at radius 2 is 2.16 bits per heavy atom. The lowest BCUT2D eigenvalue weighted by atomic mass is 10.1. The molecule has 0 amide bonds. The quantitative estimate of drug-likeness (QED) is 0.355. The van der Waals surface area contributed by atoms with Gasteiger partial charge >= 0.3 is 5.97 Å². The van der Waals surface area contributed by atoms with Crippen molar-refractivity contribution < 1.29 is 9.53 Å². The molecule has 0 aliphatic heterocycles. The lowest BCUT2D eigenvalue weighted by Gasteiger charge is -2.07. The van der Waals surface area contributed by atoms with Gasteiger partial charge in [-0.25, -0.2) is 9.79 Å². The van der Waals surface area contributed by atoms with E-state index in [1.54, 1.807) is 12.1 Å². The van der Waals surface area contributed by atoms with E-state index in [1.807, 2.05) is 0 Å². The highest BCUT2D eigenvalue weighted by atomic mass is 127. The van der Waals surface area contributed by atoms with Crippen LogP contribution in [0, 0.1) is 0 Å². The minimum atomic E-state index is -0.349. The molecule has 0 spiro atoms. The molecule has 2 rings (SSSR count). The normalized spacial score (nSPS) is 13.3. The molecule has 104 valence electrons. The van der Waals surface area contributed by atoms with Crippen molar-refractivity contribution in [1.82, 2.24) is 4.98 Å². The Balaban J connectivity index is 0.00000180. The highest BCUT2D eigenvalue weighted by Gasteiger charge is 2.30. The van der Waals surface area contributed by atoms with E-state index >= 15 is 0 Å². The number of rotatable bonds is 4. The number of pyridine rings is 1. The van der Waals surface area contributed by atoms with Crippen LogP contribution in [0.3, 0.4) is 0 Å². The van der Waals surface area contributed by atoms with Crippen LogP contribution in [0.1, 0.15) is 40.5 Å². The van der Waals surface area contributed by atoms with Gasteiger partial charge in [0.25, 0.3) is 0 Å². The minimum Gasteiger partial charge on any atom is -0.465 e. The number of nitrogens with two attached hydrogens (primary N) is 2. The Morgan fingerprint density at radius 1 is 1.47 bits per heavy atom. The summed E-state index contributed by atoms with van der Waals surface area (Å²) in [6.45, 7) is 0.323. The third kappa shape index (κ3) is 4.05. The second kappa shape index (κ2) is 6.69. The van der Waals surface area contributed by atoms with E-state index in [0.717, 1.165) is 24.2 Å². The summed E-state index contributed by atoms with van der Waals surface area (Å²) in [6, 6.07) is 3.47. The molecule has 7 heteroatoms. The molecule has 4 N–H and O–H groups in total.